The Morgan fingerprint density at radius 2 is 1.79 bits per heavy atom. The second kappa shape index (κ2) is 7.06. The van der Waals surface area contributed by atoms with E-state index >= 15 is 0 Å². The zero-order valence-corrected chi connectivity index (χ0v) is 17.3. The van der Waals surface area contributed by atoms with Gasteiger partial charge in [0.1, 0.15) is 11.3 Å². The Hall–Kier alpha value is -2.09. The predicted octanol–water partition coefficient (Wildman–Crippen LogP) is 3.49. The Bertz CT molecular complexity index is 904. The Morgan fingerprint density at radius 1 is 1.21 bits per heavy atom. The molecule has 2 aromatic rings. The lowest BCUT2D eigenvalue weighted by Gasteiger charge is -2.55. The Balaban J connectivity index is 0.000000138. The number of fused-ring (bicyclic) bond motifs is 1. The van der Waals surface area contributed by atoms with E-state index in [0.29, 0.717) is 11.3 Å². The molecule has 4 saturated carbocycles. The molecule has 0 aliphatic heterocycles. The van der Waals surface area contributed by atoms with E-state index in [1.54, 1.807) is 12.3 Å². The summed E-state index contributed by atoms with van der Waals surface area (Å²) in [7, 11) is 1.52. The van der Waals surface area contributed by atoms with Gasteiger partial charge in [0.25, 0.3) is 0 Å². The molecule has 0 atom stereocenters. The van der Waals surface area contributed by atoms with Crippen LogP contribution < -0.4 is 10.5 Å². The summed E-state index contributed by atoms with van der Waals surface area (Å²) >= 11 is 3.28. The van der Waals surface area contributed by atoms with Crippen molar-refractivity contribution in [3.63, 3.8) is 0 Å². The van der Waals surface area contributed by atoms with Crippen LogP contribution in [0.2, 0.25) is 0 Å². The lowest BCUT2D eigenvalue weighted by molar-refractivity contribution is -0.142. The van der Waals surface area contributed by atoms with Crippen LogP contribution in [0.4, 0.5) is 0 Å². The van der Waals surface area contributed by atoms with Crippen molar-refractivity contribution < 1.29 is 19.4 Å². The molecule has 150 valence electrons. The van der Waals surface area contributed by atoms with Gasteiger partial charge in [-0.15, -0.1) is 0 Å². The average molecular weight is 450 g/mol. The molecule has 7 nitrogen and oxygen atoms in total. The number of amides is 1. The standard InChI is InChI=1S/C11H17NO.C9H7BrN2O3/c12-10(13)11-4-7-1-8(5-11)3-9(2-7)6-11;1-15-8-2-5(10)4-12-7(8)3-6(11-12)9(13)14/h7-9H,1-6H2,(H2,12,13);2-4H,1H3,(H,13,14). The van der Waals surface area contributed by atoms with Gasteiger partial charge in [0.2, 0.25) is 5.91 Å². The minimum Gasteiger partial charge on any atom is -0.494 e. The number of carboxylic acid groups (broad SMARTS) is 1. The quantitative estimate of drug-likeness (QED) is 0.745. The molecular formula is C20H24BrN3O4. The van der Waals surface area contributed by atoms with Crippen molar-refractivity contribution in [1.29, 1.82) is 0 Å². The highest BCUT2D eigenvalue weighted by Crippen LogP contribution is 2.59. The maximum atomic E-state index is 11.5. The molecule has 8 heteroatoms. The number of aromatic nitrogens is 2. The number of ether oxygens (including phenoxy) is 1. The lowest BCUT2D eigenvalue weighted by Crippen LogP contribution is -2.52. The fraction of sp³-hybridized carbons (Fsp3) is 0.550. The lowest BCUT2D eigenvalue weighted by atomic mass is 9.49. The van der Waals surface area contributed by atoms with E-state index in [1.807, 2.05) is 0 Å². The van der Waals surface area contributed by atoms with Gasteiger partial charge < -0.3 is 15.6 Å². The topological polar surface area (TPSA) is 107 Å². The van der Waals surface area contributed by atoms with Crippen LogP contribution in [0.15, 0.2) is 22.8 Å². The maximum Gasteiger partial charge on any atom is 0.356 e. The van der Waals surface area contributed by atoms with Crippen molar-refractivity contribution in [1.82, 2.24) is 9.61 Å². The minimum absolute atomic E-state index is 0.00778. The van der Waals surface area contributed by atoms with Gasteiger partial charge >= 0.3 is 5.97 Å². The molecule has 0 radical (unpaired) electrons. The number of methoxy groups -OCH3 is 1. The zero-order valence-electron chi connectivity index (χ0n) is 15.7. The molecule has 0 saturated heterocycles. The van der Waals surface area contributed by atoms with Crippen LogP contribution in [-0.2, 0) is 4.79 Å². The first-order chi connectivity index (χ1) is 13.3. The zero-order chi connectivity index (χ0) is 20.1. The van der Waals surface area contributed by atoms with Crippen molar-refractivity contribution in [3.8, 4) is 5.75 Å². The van der Waals surface area contributed by atoms with Crippen LogP contribution in [0.1, 0.15) is 49.0 Å². The monoisotopic (exact) mass is 449 g/mol. The number of aromatic carboxylic acids is 1. The smallest absolute Gasteiger partial charge is 0.356 e. The number of halogens is 1. The van der Waals surface area contributed by atoms with Crippen molar-refractivity contribution in [2.45, 2.75) is 38.5 Å². The number of nitrogens with two attached hydrogens (primary N) is 1. The van der Waals surface area contributed by atoms with Crippen LogP contribution in [0, 0.1) is 23.2 Å². The SMILES string of the molecule is COc1cc(Br)cn2nc(C(=O)O)cc12.NC(=O)C12CC3CC(CC(C3)C1)C2. The van der Waals surface area contributed by atoms with Gasteiger partial charge in [-0.1, -0.05) is 0 Å². The van der Waals surface area contributed by atoms with E-state index in [9.17, 15) is 9.59 Å². The molecule has 3 N–H and O–H groups in total. The van der Waals surface area contributed by atoms with Gasteiger partial charge in [-0.25, -0.2) is 9.31 Å². The van der Waals surface area contributed by atoms with Crippen LogP contribution in [0.5, 0.6) is 5.75 Å². The van der Waals surface area contributed by atoms with E-state index in [-0.39, 0.29) is 17.0 Å². The Kier molecular flexibility index (Phi) is 4.85. The Morgan fingerprint density at radius 3 is 2.25 bits per heavy atom. The number of carboxylic acids is 1. The number of rotatable bonds is 3. The molecule has 0 unspecified atom stereocenters. The predicted molar refractivity (Wildman–Crippen MR) is 106 cm³/mol. The largest absolute Gasteiger partial charge is 0.494 e. The van der Waals surface area contributed by atoms with Crippen LogP contribution >= 0.6 is 15.9 Å². The van der Waals surface area contributed by atoms with Crippen LogP contribution in [-0.4, -0.2) is 33.7 Å². The van der Waals surface area contributed by atoms with Crippen molar-refractivity contribution >= 4 is 33.3 Å². The van der Waals surface area contributed by atoms with Crippen molar-refractivity contribution in [2.24, 2.45) is 28.9 Å². The summed E-state index contributed by atoms with van der Waals surface area (Å²) in [5, 5.41) is 12.7. The first kappa shape index (κ1) is 19.2. The summed E-state index contributed by atoms with van der Waals surface area (Å²) in [6.45, 7) is 0. The van der Waals surface area contributed by atoms with Gasteiger partial charge in [0, 0.05) is 22.2 Å². The summed E-state index contributed by atoms with van der Waals surface area (Å²) in [5.41, 5.74) is 6.11. The number of primary amides is 1. The van der Waals surface area contributed by atoms with Gasteiger partial charge in [-0.3, -0.25) is 4.79 Å². The molecular weight excluding hydrogens is 426 g/mol. The molecule has 0 spiro atoms. The number of carbonyl (C=O) groups excluding carboxylic acids is 1. The van der Waals surface area contributed by atoms with Gasteiger partial charge in [-0.2, -0.15) is 5.10 Å². The fourth-order valence-corrected chi connectivity index (χ4v) is 6.11. The molecule has 0 aromatic carbocycles. The third kappa shape index (κ3) is 3.38. The number of hydrogen-bond donors (Lipinski definition) is 2. The highest BCUT2D eigenvalue weighted by atomic mass is 79.9. The highest BCUT2D eigenvalue weighted by Gasteiger charge is 2.53. The summed E-state index contributed by atoms with van der Waals surface area (Å²) < 4.78 is 7.35. The van der Waals surface area contributed by atoms with Crippen molar-refractivity contribution in [2.75, 3.05) is 7.11 Å². The summed E-state index contributed by atoms with van der Waals surface area (Å²) in [6.07, 6.45) is 9.13. The number of nitrogens with zero attached hydrogens (tertiary/aromatic N) is 2. The van der Waals surface area contributed by atoms with E-state index in [0.717, 1.165) is 41.5 Å². The molecule has 1 amide bonds. The van der Waals surface area contributed by atoms with Crippen molar-refractivity contribution in [3.05, 3.63) is 28.5 Å². The third-order valence-electron chi connectivity index (χ3n) is 6.50. The van der Waals surface area contributed by atoms with Crippen LogP contribution in [0.25, 0.3) is 5.52 Å². The number of pyridine rings is 1. The maximum absolute atomic E-state index is 11.5. The molecule has 2 aromatic heterocycles. The van der Waals surface area contributed by atoms with Gasteiger partial charge in [-0.05, 0) is 78.3 Å². The highest BCUT2D eigenvalue weighted by molar-refractivity contribution is 9.10. The molecule has 4 aliphatic carbocycles. The molecule has 4 aliphatic rings. The van der Waals surface area contributed by atoms with E-state index in [2.05, 4.69) is 21.0 Å². The molecule has 6 rings (SSSR count). The molecule has 2 heterocycles. The minimum atomic E-state index is -1.06. The van der Waals surface area contributed by atoms with E-state index < -0.39 is 5.97 Å². The normalized spacial score (nSPS) is 30.0. The Labute approximate surface area is 171 Å². The molecule has 4 bridgehead atoms. The summed E-state index contributed by atoms with van der Waals surface area (Å²) in [5.74, 6) is 2.00. The second-order valence-electron chi connectivity index (χ2n) is 8.45. The second-order valence-corrected chi connectivity index (χ2v) is 9.37. The first-order valence-corrected chi connectivity index (χ1v) is 10.3. The molecule has 28 heavy (non-hydrogen) atoms. The summed E-state index contributed by atoms with van der Waals surface area (Å²) in [6, 6.07) is 3.22. The van der Waals surface area contributed by atoms with Gasteiger partial charge in [0.05, 0.1) is 7.11 Å². The average Bonchev–Trinajstić information content (AvgIpc) is 3.04. The summed E-state index contributed by atoms with van der Waals surface area (Å²) in [4.78, 5) is 22.2. The fourth-order valence-electron chi connectivity index (χ4n) is 5.71. The van der Waals surface area contributed by atoms with Gasteiger partial charge in [0.15, 0.2) is 5.69 Å². The number of hydrogen-bond acceptors (Lipinski definition) is 4. The first-order valence-electron chi connectivity index (χ1n) is 9.56. The van der Waals surface area contributed by atoms with Crippen LogP contribution in [0.3, 0.4) is 0 Å². The third-order valence-corrected chi connectivity index (χ3v) is 6.94. The number of carbonyl (C=O) groups is 2. The van der Waals surface area contributed by atoms with E-state index in [4.69, 9.17) is 15.6 Å². The van der Waals surface area contributed by atoms with E-state index in [1.165, 1.54) is 37.0 Å². The molecule has 4 fully saturated rings.